The van der Waals surface area contributed by atoms with Crippen LogP contribution in [0.4, 0.5) is 0 Å². The number of piperidine rings is 1. The maximum absolute atomic E-state index is 9.17. The zero-order valence-electron chi connectivity index (χ0n) is 12.3. The van der Waals surface area contributed by atoms with Crippen molar-refractivity contribution >= 4 is 0 Å². The number of rotatable bonds is 4. The van der Waals surface area contributed by atoms with Gasteiger partial charge in [0, 0.05) is 25.2 Å². The highest BCUT2D eigenvalue weighted by atomic mass is 16.5. The number of ether oxygens (including phenoxy) is 1. The quantitative estimate of drug-likeness (QED) is 0.914. The number of nitrogens with two attached hydrogens (primary N) is 1. The van der Waals surface area contributed by atoms with E-state index in [9.17, 15) is 0 Å². The summed E-state index contributed by atoms with van der Waals surface area (Å²) in [5, 5.41) is 9.17. The van der Waals surface area contributed by atoms with Crippen LogP contribution in [0.2, 0.25) is 0 Å². The molecule has 0 amide bonds. The molecule has 108 valence electrons. The van der Waals surface area contributed by atoms with Crippen LogP contribution in [-0.4, -0.2) is 30.6 Å². The van der Waals surface area contributed by atoms with E-state index in [-0.39, 0.29) is 0 Å². The predicted molar refractivity (Wildman–Crippen MR) is 79.4 cm³/mol. The van der Waals surface area contributed by atoms with Gasteiger partial charge in [-0.05, 0) is 37.5 Å². The molecule has 0 spiro atoms. The minimum Gasteiger partial charge on any atom is -0.495 e. The molecule has 1 aliphatic heterocycles. The van der Waals surface area contributed by atoms with Gasteiger partial charge in [-0.25, -0.2) is 0 Å². The van der Waals surface area contributed by atoms with Crippen molar-refractivity contribution in [1.82, 2.24) is 4.90 Å². The Morgan fingerprint density at radius 3 is 2.90 bits per heavy atom. The summed E-state index contributed by atoms with van der Waals surface area (Å²) >= 11 is 0. The van der Waals surface area contributed by atoms with Crippen LogP contribution < -0.4 is 10.5 Å². The van der Waals surface area contributed by atoms with E-state index in [0.29, 0.717) is 29.9 Å². The second-order valence-corrected chi connectivity index (χ2v) is 5.49. The third-order valence-electron chi connectivity index (χ3n) is 4.22. The fraction of sp³-hybridized carbons (Fsp3) is 0.562. The molecule has 0 radical (unpaired) electrons. The molecule has 1 aromatic carbocycles. The van der Waals surface area contributed by atoms with Crippen LogP contribution in [0.3, 0.4) is 0 Å². The minimum absolute atomic E-state index is 0.450. The standard InChI is InChI=1S/C16H23N3O/c1-12-4-3-5-15(10-18)19(12)11-13-6-7-16(20-2)14(8-13)9-17/h6-8,12,15H,3-5,10-11,18H2,1-2H3. The second-order valence-electron chi connectivity index (χ2n) is 5.49. The molecule has 1 fully saturated rings. The van der Waals surface area contributed by atoms with Gasteiger partial charge < -0.3 is 10.5 Å². The number of nitriles is 1. The minimum atomic E-state index is 0.450. The lowest BCUT2D eigenvalue weighted by Crippen LogP contribution is -2.48. The molecule has 2 N–H and O–H groups in total. The summed E-state index contributed by atoms with van der Waals surface area (Å²) in [5.41, 5.74) is 7.64. The van der Waals surface area contributed by atoms with Crippen LogP contribution in [-0.2, 0) is 6.54 Å². The Bertz CT molecular complexity index is 495. The number of nitrogens with zero attached hydrogens (tertiary/aromatic N) is 2. The van der Waals surface area contributed by atoms with E-state index in [2.05, 4.69) is 17.9 Å². The summed E-state index contributed by atoms with van der Waals surface area (Å²) in [6.45, 7) is 3.81. The van der Waals surface area contributed by atoms with Gasteiger partial charge in [-0.1, -0.05) is 12.5 Å². The number of benzene rings is 1. The van der Waals surface area contributed by atoms with Crippen molar-refractivity contribution in [3.63, 3.8) is 0 Å². The van der Waals surface area contributed by atoms with Crippen molar-refractivity contribution in [2.75, 3.05) is 13.7 Å². The van der Waals surface area contributed by atoms with Crippen LogP contribution in [0.5, 0.6) is 5.75 Å². The Kier molecular flexibility index (Phi) is 4.99. The molecule has 0 aliphatic carbocycles. The highest BCUT2D eigenvalue weighted by molar-refractivity contribution is 5.45. The van der Waals surface area contributed by atoms with Crippen molar-refractivity contribution in [3.8, 4) is 11.8 Å². The monoisotopic (exact) mass is 273 g/mol. The number of hydrogen-bond acceptors (Lipinski definition) is 4. The summed E-state index contributed by atoms with van der Waals surface area (Å²) in [6.07, 6.45) is 3.64. The molecule has 0 saturated carbocycles. The Labute approximate surface area is 121 Å². The summed E-state index contributed by atoms with van der Waals surface area (Å²) in [6, 6.07) is 9.02. The number of hydrogen-bond donors (Lipinski definition) is 1. The van der Waals surface area contributed by atoms with E-state index in [1.165, 1.54) is 19.3 Å². The third kappa shape index (κ3) is 3.12. The van der Waals surface area contributed by atoms with E-state index in [0.717, 1.165) is 12.1 Å². The maximum atomic E-state index is 9.17. The van der Waals surface area contributed by atoms with E-state index in [4.69, 9.17) is 15.7 Å². The van der Waals surface area contributed by atoms with Crippen molar-refractivity contribution in [1.29, 1.82) is 5.26 Å². The first kappa shape index (κ1) is 14.8. The van der Waals surface area contributed by atoms with Gasteiger partial charge in [-0.2, -0.15) is 5.26 Å². The van der Waals surface area contributed by atoms with Crippen LogP contribution in [0.1, 0.15) is 37.3 Å². The number of likely N-dealkylation sites (tertiary alicyclic amines) is 1. The lowest BCUT2D eigenvalue weighted by molar-refractivity contribution is 0.0892. The maximum Gasteiger partial charge on any atom is 0.136 e. The highest BCUT2D eigenvalue weighted by Crippen LogP contribution is 2.26. The topological polar surface area (TPSA) is 62.3 Å². The van der Waals surface area contributed by atoms with Gasteiger partial charge in [-0.15, -0.1) is 0 Å². The van der Waals surface area contributed by atoms with E-state index in [1.54, 1.807) is 7.11 Å². The second kappa shape index (κ2) is 6.74. The molecule has 0 aromatic heterocycles. The van der Waals surface area contributed by atoms with Gasteiger partial charge in [0.15, 0.2) is 0 Å². The SMILES string of the molecule is COc1ccc(CN2C(C)CCCC2CN)cc1C#N. The first-order valence-electron chi connectivity index (χ1n) is 7.22. The van der Waals surface area contributed by atoms with Crippen LogP contribution in [0, 0.1) is 11.3 Å². The summed E-state index contributed by atoms with van der Waals surface area (Å²) < 4.78 is 5.19. The molecule has 2 atom stereocenters. The van der Waals surface area contributed by atoms with E-state index in [1.807, 2.05) is 18.2 Å². The molecule has 4 heteroatoms. The molecule has 2 rings (SSSR count). The predicted octanol–water partition coefficient (Wildman–Crippen LogP) is 2.27. The van der Waals surface area contributed by atoms with Gasteiger partial charge in [-0.3, -0.25) is 4.90 Å². The van der Waals surface area contributed by atoms with Gasteiger partial charge in [0.05, 0.1) is 12.7 Å². The first-order chi connectivity index (χ1) is 9.69. The van der Waals surface area contributed by atoms with Crippen molar-refractivity contribution in [3.05, 3.63) is 29.3 Å². The molecule has 1 saturated heterocycles. The molecular formula is C16H23N3O. The summed E-state index contributed by atoms with van der Waals surface area (Å²) in [5.74, 6) is 0.637. The van der Waals surface area contributed by atoms with Gasteiger partial charge in [0.25, 0.3) is 0 Å². The van der Waals surface area contributed by atoms with Crippen molar-refractivity contribution < 1.29 is 4.74 Å². The fourth-order valence-corrected chi connectivity index (χ4v) is 3.03. The Hall–Kier alpha value is -1.57. The lowest BCUT2D eigenvalue weighted by Gasteiger charge is -2.40. The fourth-order valence-electron chi connectivity index (χ4n) is 3.03. The zero-order chi connectivity index (χ0) is 14.5. The Morgan fingerprint density at radius 1 is 1.45 bits per heavy atom. The Balaban J connectivity index is 2.18. The van der Waals surface area contributed by atoms with Crippen LogP contribution in [0.25, 0.3) is 0 Å². The van der Waals surface area contributed by atoms with Crippen LogP contribution >= 0.6 is 0 Å². The van der Waals surface area contributed by atoms with Gasteiger partial charge in [0.2, 0.25) is 0 Å². The molecule has 4 nitrogen and oxygen atoms in total. The molecule has 1 heterocycles. The average Bonchev–Trinajstić information content (AvgIpc) is 2.49. The van der Waals surface area contributed by atoms with Gasteiger partial charge in [0.1, 0.15) is 11.8 Å². The molecule has 2 unspecified atom stereocenters. The molecule has 1 aromatic rings. The Morgan fingerprint density at radius 2 is 2.25 bits per heavy atom. The molecular weight excluding hydrogens is 250 g/mol. The van der Waals surface area contributed by atoms with Crippen molar-refractivity contribution in [2.45, 2.75) is 44.8 Å². The van der Waals surface area contributed by atoms with E-state index < -0.39 is 0 Å². The third-order valence-corrected chi connectivity index (χ3v) is 4.22. The van der Waals surface area contributed by atoms with Gasteiger partial charge >= 0.3 is 0 Å². The number of methoxy groups -OCH3 is 1. The normalized spacial score (nSPS) is 23.3. The first-order valence-corrected chi connectivity index (χ1v) is 7.22. The molecule has 1 aliphatic rings. The lowest BCUT2D eigenvalue weighted by atomic mass is 9.95. The summed E-state index contributed by atoms with van der Waals surface area (Å²) in [7, 11) is 1.59. The average molecular weight is 273 g/mol. The largest absolute Gasteiger partial charge is 0.495 e. The van der Waals surface area contributed by atoms with E-state index >= 15 is 0 Å². The zero-order valence-corrected chi connectivity index (χ0v) is 12.3. The highest BCUT2D eigenvalue weighted by Gasteiger charge is 2.26. The molecule has 0 bridgehead atoms. The van der Waals surface area contributed by atoms with Crippen LogP contribution in [0.15, 0.2) is 18.2 Å². The summed E-state index contributed by atoms with van der Waals surface area (Å²) in [4.78, 5) is 2.46. The smallest absolute Gasteiger partial charge is 0.136 e. The van der Waals surface area contributed by atoms with Crippen molar-refractivity contribution in [2.24, 2.45) is 5.73 Å². The molecule has 20 heavy (non-hydrogen) atoms.